The number of sulfonamides is 1. The molecule has 0 radical (unpaired) electrons. The second kappa shape index (κ2) is 5.06. The number of ether oxygens (including phenoxy) is 1. The molecule has 0 fully saturated rings. The van der Waals surface area contributed by atoms with Gasteiger partial charge in [0.2, 0.25) is 10.0 Å². The van der Waals surface area contributed by atoms with Crippen molar-refractivity contribution in [2.45, 2.75) is 38.6 Å². The summed E-state index contributed by atoms with van der Waals surface area (Å²) in [6.45, 7) is 7.36. The van der Waals surface area contributed by atoms with Crippen molar-refractivity contribution < 1.29 is 13.2 Å². The SMILES string of the molecule is COc1cc(C)c(C)cc1S(=O)(=O)NC(C)C. The van der Waals surface area contributed by atoms with Gasteiger partial charge in [-0.15, -0.1) is 0 Å². The zero-order chi connectivity index (χ0) is 13.2. The van der Waals surface area contributed by atoms with Gasteiger partial charge in [0.05, 0.1) is 7.11 Å². The van der Waals surface area contributed by atoms with Gasteiger partial charge >= 0.3 is 0 Å². The Morgan fingerprint density at radius 2 is 1.71 bits per heavy atom. The van der Waals surface area contributed by atoms with Crippen LogP contribution in [0.5, 0.6) is 5.75 Å². The number of hydrogen-bond donors (Lipinski definition) is 1. The van der Waals surface area contributed by atoms with Gasteiger partial charge < -0.3 is 4.74 Å². The molecule has 0 spiro atoms. The maximum atomic E-state index is 12.1. The van der Waals surface area contributed by atoms with Crippen LogP contribution < -0.4 is 9.46 Å². The fraction of sp³-hybridized carbons (Fsp3) is 0.500. The van der Waals surface area contributed by atoms with Crippen molar-refractivity contribution in [1.29, 1.82) is 0 Å². The Morgan fingerprint density at radius 3 is 2.18 bits per heavy atom. The summed E-state index contributed by atoms with van der Waals surface area (Å²) in [7, 11) is -2.05. The predicted octanol–water partition coefficient (Wildman–Crippen LogP) is 2.00. The first-order valence-electron chi connectivity index (χ1n) is 5.45. The van der Waals surface area contributed by atoms with Gasteiger partial charge in [0.25, 0.3) is 0 Å². The second-order valence-corrected chi connectivity index (χ2v) is 6.05. The maximum absolute atomic E-state index is 12.1. The van der Waals surface area contributed by atoms with Gasteiger partial charge in [-0.2, -0.15) is 0 Å². The number of rotatable bonds is 4. The van der Waals surface area contributed by atoms with Crippen molar-refractivity contribution in [2.75, 3.05) is 7.11 Å². The molecule has 0 aliphatic rings. The molecule has 0 heterocycles. The van der Waals surface area contributed by atoms with Crippen molar-refractivity contribution in [3.05, 3.63) is 23.3 Å². The third-order valence-electron chi connectivity index (χ3n) is 2.46. The average Bonchev–Trinajstić information content (AvgIpc) is 2.19. The second-order valence-electron chi connectivity index (χ2n) is 4.36. The first-order chi connectivity index (χ1) is 7.77. The molecule has 1 rings (SSSR count). The summed E-state index contributed by atoms with van der Waals surface area (Å²) in [4.78, 5) is 0.191. The molecular weight excluding hydrogens is 238 g/mol. The standard InChI is InChI=1S/C12H19NO3S/c1-8(2)13-17(14,15)12-7-10(4)9(3)6-11(12)16-5/h6-8,13H,1-5H3. The number of hydrogen-bond acceptors (Lipinski definition) is 3. The topological polar surface area (TPSA) is 55.4 Å². The third-order valence-corrected chi connectivity index (χ3v) is 4.14. The predicted molar refractivity (Wildman–Crippen MR) is 67.9 cm³/mol. The zero-order valence-electron chi connectivity index (χ0n) is 10.9. The number of aryl methyl sites for hydroxylation is 2. The van der Waals surface area contributed by atoms with Crippen LogP contribution in [0.4, 0.5) is 0 Å². The van der Waals surface area contributed by atoms with Crippen LogP contribution in [0.2, 0.25) is 0 Å². The Balaban J connectivity index is 3.35. The molecule has 0 bridgehead atoms. The summed E-state index contributed by atoms with van der Waals surface area (Å²) in [6.07, 6.45) is 0. The fourth-order valence-electron chi connectivity index (χ4n) is 1.51. The summed E-state index contributed by atoms with van der Waals surface area (Å²) in [5, 5.41) is 0. The maximum Gasteiger partial charge on any atom is 0.244 e. The van der Waals surface area contributed by atoms with Crippen molar-refractivity contribution in [2.24, 2.45) is 0 Å². The largest absolute Gasteiger partial charge is 0.495 e. The van der Waals surface area contributed by atoms with Crippen LogP contribution in [0, 0.1) is 13.8 Å². The molecule has 17 heavy (non-hydrogen) atoms. The van der Waals surface area contributed by atoms with Gasteiger partial charge in [0, 0.05) is 6.04 Å². The minimum Gasteiger partial charge on any atom is -0.495 e. The van der Waals surface area contributed by atoms with Crippen LogP contribution in [0.25, 0.3) is 0 Å². The smallest absolute Gasteiger partial charge is 0.244 e. The fourth-order valence-corrected chi connectivity index (χ4v) is 2.99. The Bertz CT molecular complexity index is 507. The third kappa shape index (κ3) is 3.20. The lowest BCUT2D eigenvalue weighted by molar-refractivity contribution is 0.401. The normalized spacial score (nSPS) is 11.9. The van der Waals surface area contributed by atoms with E-state index in [1.165, 1.54) is 7.11 Å². The van der Waals surface area contributed by atoms with E-state index in [0.717, 1.165) is 11.1 Å². The van der Waals surface area contributed by atoms with Gasteiger partial charge in [0.15, 0.2) is 0 Å². The molecule has 0 unspecified atom stereocenters. The highest BCUT2D eigenvalue weighted by Gasteiger charge is 2.21. The molecule has 0 aromatic heterocycles. The number of nitrogens with one attached hydrogen (secondary N) is 1. The van der Waals surface area contributed by atoms with E-state index in [1.54, 1.807) is 26.0 Å². The first kappa shape index (κ1) is 14.0. The van der Waals surface area contributed by atoms with Crippen molar-refractivity contribution >= 4 is 10.0 Å². The highest BCUT2D eigenvalue weighted by Crippen LogP contribution is 2.27. The Morgan fingerprint density at radius 1 is 1.18 bits per heavy atom. The van der Waals surface area contributed by atoms with Crippen LogP contribution in [0.1, 0.15) is 25.0 Å². The summed E-state index contributed by atoms with van der Waals surface area (Å²) in [5.74, 6) is 0.376. The highest BCUT2D eigenvalue weighted by molar-refractivity contribution is 7.89. The molecule has 0 aliphatic carbocycles. The Hall–Kier alpha value is -1.07. The lowest BCUT2D eigenvalue weighted by Crippen LogP contribution is -2.30. The van der Waals surface area contributed by atoms with Crippen molar-refractivity contribution in [3.63, 3.8) is 0 Å². The highest BCUT2D eigenvalue weighted by atomic mass is 32.2. The average molecular weight is 257 g/mol. The molecule has 0 saturated carbocycles. The van der Waals surface area contributed by atoms with Gasteiger partial charge in [-0.3, -0.25) is 0 Å². The molecule has 0 atom stereocenters. The molecule has 1 aromatic rings. The minimum absolute atomic E-state index is 0.147. The number of methoxy groups -OCH3 is 1. The van der Waals surface area contributed by atoms with E-state index in [9.17, 15) is 8.42 Å². The van der Waals surface area contributed by atoms with Gasteiger partial charge in [-0.25, -0.2) is 13.1 Å². The minimum atomic E-state index is -3.52. The van der Waals surface area contributed by atoms with E-state index in [1.807, 2.05) is 13.8 Å². The summed E-state index contributed by atoms with van der Waals surface area (Å²) >= 11 is 0. The first-order valence-corrected chi connectivity index (χ1v) is 6.94. The van der Waals surface area contributed by atoms with Crippen LogP contribution >= 0.6 is 0 Å². The van der Waals surface area contributed by atoms with Crippen LogP contribution in [-0.4, -0.2) is 21.6 Å². The molecular formula is C12H19NO3S. The van der Waals surface area contributed by atoms with Crippen LogP contribution in [-0.2, 0) is 10.0 Å². The van der Waals surface area contributed by atoms with Gasteiger partial charge in [0.1, 0.15) is 10.6 Å². The van der Waals surface area contributed by atoms with E-state index in [4.69, 9.17) is 4.74 Å². The summed E-state index contributed by atoms with van der Waals surface area (Å²) in [6, 6.07) is 3.23. The summed E-state index contributed by atoms with van der Waals surface area (Å²) < 4.78 is 31.9. The van der Waals surface area contributed by atoms with E-state index >= 15 is 0 Å². The molecule has 0 amide bonds. The molecule has 96 valence electrons. The Labute approximate surface area is 103 Å². The van der Waals surface area contributed by atoms with Gasteiger partial charge in [-0.05, 0) is 51.0 Å². The number of benzene rings is 1. The lowest BCUT2D eigenvalue weighted by atomic mass is 10.1. The lowest BCUT2D eigenvalue weighted by Gasteiger charge is -2.14. The van der Waals surface area contributed by atoms with Crippen LogP contribution in [0.3, 0.4) is 0 Å². The molecule has 1 N–H and O–H groups in total. The Kier molecular flexibility index (Phi) is 4.16. The molecule has 4 nitrogen and oxygen atoms in total. The van der Waals surface area contributed by atoms with E-state index < -0.39 is 10.0 Å². The zero-order valence-corrected chi connectivity index (χ0v) is 11.7. The molecule has 5 heteroatoms. The van der Waals surface area contributed by atoms with E-state index in [-0.39, 0.29) is 10.9 Å². The summed E-state index contributed by atoms with van der Waals surface area (Å²) in [5.41, 5.74) is 1.93. The molecule has 0 aliphatic heterocycles. The van der Waals surface area contributed by atoms with Crippen LogP contribution in [0.15, 0.2) is 17.0 Å². The molecule has 1 aromatic carbocycles. The van der Waals surface area contributed by atoms with Gasteiger partial charge in [-0.1, -0.05) is 0 Å². The quantitative estimate of drug-likeness (QED) is 0.897. The van der Waals surface area contributed by atoms with E-state index in [2.05, 4.69) is 4.72 Å². The molecule has 0 saturated heterocycles. The van der Waals surface area contributed by atoms with Crippen molar-refractivity contribution in [3.8, 4) is 5.75 Å². The van der Waals surface area contributed by atoms with E-state index in [0.29, 0.717) is 5.75 Å². The van der Waals surface area contributed by atoms with Crippen molar-refractivity contribution in [1.82, 2.24) is 4.72 Å². The monoisotopic (exact) mass is 257 g/mol.